The minimum Gasteiger partial charge on any atom is -0.350 e. The van der Waals surface area contributed by atoms with Gasteiger partial charge in [-0.05, 0) is 31.4 Å². The molecule has 3 heterocycles. The quantitative estimate of drug-likeness (QED) is 0.787. The van der Waals surface area contributed by atoms with E-state index >= 15 is 0 Å². The van der Waals surface area contributed by atoms with Crippen LogP contribution in [0.1, 0.15) is 40.4 Å². The smallest absolute Gasteiger partial charge is 0.256 e. The molecule has 0 bridgehead atoms. The Balaban J connectivity index is 1.63. The zero-order valence-electron chi connectivity index (χ0n) is 14.1. The molecule has 5 heteroatoms. The molecule has 0 saturated carbocycles. The number of benzene rings is 1. The van der Waals surface area contributed by atoms with E-state index in [-0.39, 0.29) is 5.91 Å². The van der Waals surface area contributed by atoms with Crippen molar-refractivity contribution >= 4 is 16.8 Å². The summed E-state index contributed by atoms with van der Waals surface area (Å²) >= 11 is 0. The number of nitrogens with one attached hydrogen (secondary N) is 1. The van der Waals surface area contributed by atoms with Gasteiger partial charge in [0.15, 0.2) is 0 Å². The van der Waals surface area contributed by atoms with E-state index < -0.39 is 0 Å². The minimum absolute atomic E-state index is 0.133. The monoisotopic (exact) mass is 322 g/mol. The summed E-state index contributed by atoms with van der Waals surface area (Å²) in [5, 5.41) is 8.29. The van der Waals surface area contributed by atoms with Gasteiger partial charge in [-0.25, -0.2) is 0 Å². The lowest BCUT2D eigenvalue weighted by Crippen LogP contribution is -2.39. The Morgan fingerprint density at radius 3 is 2.96 bits per heavy atom. The van der Waals surface area contributed by atoms with Crippen molar-refractivity contribution in [1.29, 1.82) is 0 Å². The number of para-hydroxylation sites is 1. The number of aryl methyl sites for hydroxylation is 2. The van der Waals surface area contributed by atoms with Gasteiger partial charge in [-0.15, -0.1) is 0 Å². The molecule has 5 nitrogen and oxygen atoms in total. The van der Waals surface area contributed by atoms with Crippen LogP contribution in [0.4, 0.5) is 0 Å². The van der Waals surface area contributed by atoms with E-state index in [9.17, 15) is 4.79 Å². The Morgan fingerprint density at radius 1 is 1.33 bits per heavy atom. The van der Waals surface area contributed by atoms with Gasteiger partial charge in [-0.3, -0.25) is 9.89 Å². The largest absolute Gasteiger partial charge is 0.350 e. The van der Waals surface area contributed by atoms with Gasteiger partial charge in [0, 0.05) is 48.8 Å². The van der Waals surface area contributed by atoms with Gasteiger partial charge < -0.3 is 9.47 Å². The normalized spacial score (nSPS) is 18.2. The standard InChI is InChI=1S/C19H22N4O/c1-13-10-20-21-18(13)14-6-5-9-23(11-14)19(24)16-12-22(2)17-8-4-3-7-15(16)17/h3-4,7-8,10,12,14H,5-6,9,11H2,1-2H3,(H,20,21)/t14-/m0/s1. The summed E-state index contributed by atoms with van der Waals surface area (Å²) in [5.41, 5.74) is 4.25. The summed E-state index contributed by atoms with van der Waals surface area (Å²) in [7, 11) is 1.99. The topological polar surface area (TPSA) is 53.9 Å². The molecular formula is C19H22N4O. The first-order valence-electron chi connectivity index (χ1n) is 8.48. The highest BCUT2D eigenvalue weighted by atomic mass is 16.2. The fraction of sp³-hybridized carbons (Fsp3) is 0.368. The van der Waals surface area contributed by atoms with Crippen molar-refractivity contribution in [2.24, 2.45) is 7.05 Å². The second-order valence-electron chi connectivity index (χ2n) is 6.73. The predicted molar refractivity (Wildman–Crippen MR) is 94.1 cm³/mol. The molecule has 1 amide bonds. The van der Waals surface area contributed by atoms with Crippen LogP contribution >= 0.6 is 0 Å². The fourth-order valence-corrected chi connectivity index (χ4v) is 3.85. The summed E-state index contributed by atoms with van der Waals surface area (Å²) in [4.78, 5) is 15.1. The minimum atomic E-state index is 0.133. The molecule has 0 aliphatic carbocycles. The third-order valence-electron chi connectivity index (χ3n) is 5.11. The van der Waals surface area contributed by atoms with E-state index in [1.165, 1.54) is 11.3 Å². The molecule has 1 atom stereocenters. The molecule has 0 unspecified atom stereocenters. The number of aromatic amines is 1. The summed E-state index contributed by atoms with van der Waals surface area (Å²) in [5.74, 6) is 0.480. The molecule has 0 radical (unpaired) electrons. The van der Waals surface area contributed by atoms with E-state index in [1.807, 2.05) is 47.1 Å². The van der Waals surface area contributed by atoms with Crippen molar-refractivity contribution in [1.82, 2.24) is 19.7 Å². The Hall–Kier alpha value is -2.56. The van der Waals surface area contributed by atoms with Gasteiger partial charge in [0.05, 0.1) is 11.8 Å². The molecule has 1 aliphatic heterocycles. The molecule has 3 aromatic rings. The number of fused-ring (bicyclic) bond motifs is 1. The lowest BCUT2D eigenvalue weighted by atomic mass is 9.92. The second-order valence-corrected chi connectivity index (χ2v) is 6.73. The molecule has 1 N–H and O–H groups in total. The molecule has 1 aliphatic rings. The van der Waals surface area contributed by atoms with E-state index in [0.717, 1.165) is 42.4 Å². The van der Waals surface area contributed by atoms with Gasteiger partial charge in [-0.1, -0.05) is 18.2 Å². The van der Waals surface area contributed by atoms with Crippen LogP contribution in [-0.2, 0) is 7.05 Å². The summed E-state index contributed by atoms with van der Waals surface area (Å²) in [6.45, 7) is 3.65. The number of carbonyl (C=O) groups is 1. The first kappa shape index (κ1) is 15.0. The van der Waals surface area contributed by atoms with E-state index in [1.54, 1.807) is 0 Å². The lowest BCUT2D eigenvalue weighted by Gasteiger charge is -2.32. The van der Waals surface area contributed by atoms with Gasteiger partial charge >= 0.3 is 0 Å². The van der Waals surface area contributed by atoms with Crippen molar-refractivity contribution in [3.05, 3.63) is 53.5 Å². The number of amides is 1. The van der Waals surface area contributed by atoms with Crippen LogP contribution in [-0.4, -0.2) is 38.7 Å². The maximum atomic E-state index is 13.1. The van der Waals surface area contributed by atoms with Crippen LogP contribution < -0.4 is 0 Å². The number of aromatic nitrogens is 3. The number of nitrogens with zero attached hydrogens (tertiary/aromatic N) is 3. The number of carbonyl (C=O) groups excluding carboxylic acids is 1. The Morgan fingerprint density at radius 2 is 2.17 bits per heavy atom. The highest BCUT2D eigenvalue weighted by Crippen LogP contribution is 2.29. The predicted octanol–water partition coefficient (Wildman–Crippen LogP) is 3.23. The van der Waals surface area contributed by atoms with Gasteiger partial charge in [0.25, 0.3) is 5.91 Å². The highest BCUT2D eigenvalue weighted by Gasteiger charge is 2.28. The zero-order valence-corrected chi connectivity index (χ0v) is 14.1. The number of rotatable bonds is 2. The third kappa shape index (κ3) is 2.40. The number of likely N-dealkylation sites (tertiary alicyclic amines) is 1. The average Bonchev–Trinajstić information content (AvgIpc) is 3.18. The molecular weight excluding hydrogens is 300 g/mol. The van der Waals surface area contributed by atoms with E-state index in [2.05, 4.69) is 23.2 Å². The van der Waals surface area contributed by atoms with E-state index in [4.69, 9.17) is 0 Å². The Bertz CT molecular complexity index is 892. The van der Waals surface area contributed by atoms with E-state index in [0.29, 0.717) is 5.92 Å². The lowest BCUT2D eigenvalue weighted by molar-refractivity contribution is 0.0707. The van der Waals surface area contributed by atoms with Crippen LogP contribution in [0, 0.1) is 6.92 Å². The van der Waals surface area contributed by atoms with Crippen molar-refractivity contribution in [3.63, 3.8) is 0 Å². The van der Waals surface area contributed by atoms with Crippen LogP contribution in [0.25, 0.3) is 10.9 Å². The Labute approximate surface area is 141 Å². The van der Waals surface area contributed by atoms with Crippen LogP contribution in [0.2, 0.25) is 0 Å². The first-order chi connectivity index (χ1) is 11.6. The van der Waals surface area contributed by atoms with Crippen molar-refractivity contribution in [3.8, 4) is 0 Å². The molecule has 1 fully saturated rings. The molecule has 24 heavy (non-hydrogen) atoms. The third-order valence-corrected chi connectivity index (χ3v) is 5.11. The van der Waals surface area contributed by atoms with Crippen molar-refractivity contribution in [2.75, 3.05) is 13.1 Å². The molecule has 1 aromatic carbocycles. The van der Waals surface area contributed by atoms with Gasteiger partial charge in [0.2, 0.25) is 0 Å². The molecule has 2 aromatic heterocycles. The SMILES string of the molecule is Cc1cn[nH]c1[C@H]1CCCN(C(=O)c2cn(C)c3ccccc23)C1. The van der Waals surface area contributed by atoms with Crippen LogP contribution in [0.15, 0.2) is 36.7 Å². The van der Waals surface area contributed by atoms with Gasteiger partial charge in [-0.2, -0.15) is 5.10 Å². The number of piperidine rings is 1. The van der Waals surface area contributed by atoms with Crippen molar-refractivity contribution < 1.29 is 4.79 Å². The summed E-state index contributed by atoms with van der Waals surface area (Å²) in [6, 6.07) is 8.09. The fourth-order valence-electron chi connectivity index (χ4n) is 3.85. The van der Waals surface area contributed by atoms with Crippen molar-refractivity contribution in [2.45, 2.75) is 25.7 Å². The number of hydrogen-bond donors (Lipinski definition) is 1. The first-order valence-corrected chi connectivity index (χ1v) is 8.48. The second kappa shape index (κ2) is 5.82. The number of H-pyrrole nitrogens is 1. The van der Waals surface area contributed by atoms with Gasteiger partial charge in [0.1, 0.15) is 0 Å². The van der Waals surface area contributed by atoms with Crippen LogP contribution in [0.5, 0.6) is 0 Å². The number of hydrogen-bond acceptors (Lipinski definition) is 2. The maximum Gasteiger partial charge on any atom is 0.256 e. The average molecular weight is 322 g/mol. The molecule has 0 spiro atoms. The highest BCUT2D eigenvalue weighted by molar-refractivity contribution is 6.07. The maximum absolute atomic E-state index is 13.1. The molecule has 1 saturated heterocycles. The summed E-state index contributed by atoms with van der Waals surface area (Å²) in [6.07, 6.45) is 5.95. The Kier molecular flexibility index (Phi) is 3.63. The molecule has 124 valence electrons. The summed E-state index contributed by atoms with van der Waals surface area (Å²) < 4.78 is 2.03. The molecule has 4 rings (SSSR count). The zero-order chi connectivity index (χ0) is 16.7. The van der Waals surface area contributed by atoms with Crippen LogP contribution in [0.3, 0.4) is 0 Å².